The molecule has 0 fully saturated rings. The van der Waals surface area contributed by atoms with Crippen molar-refractivity contribution in [2.24, 2.45) is 0 Å². The Balaban J connectivity index is 3.37. The fourth-order valence-electron chi connectivity index (χ4n) is 1.45. The second kappa shape index (κ2) is 5.56. The number of hydrogen-bond donors (Lipinski definition) is 1. The molecule has 1 amide bonds. The lowest BCUT2D eigenvalue weighted by atomic mass is 10.0. The molecule has 1 aromatic rings. The number of amides is 1. The molecular weight excluding hydrogens is 252 g/mol. The number of hydrogen-bond acceptors (Lipinski definition) is 3. The smallest absolute Gasteiger partial charge is 0.267 e. The molecule has 0 aromatic heterocycles. The van der Waals surface area contributed by atoms with Gasteiger partial charge in [0, 0.05) is 24.7 Å². The van der Waals surface area contributed by atoms with Crippen molar-refractivity contribution in [1.29, 1.82) is 5.26 Å². The highest BCUT2D eigenvalue weighted by Crippen LogP contribution is 2.23. The van der Waals surface area contributed by atoms with Crippen LogP contribution in [0.25, 0.3) is 5.76 Å². The van der Waals surface area contributed by atoms with Crippen molar-refractivity contribution < 1.29 is 9.90 Å². The van der Waals surface area contributed by atoms with Gasteiger partial charge in [-0.1, -0.05) is 11.6 Å². The predicted molar refractivity (Wildman–Crippen MR) is 70.0 cm³/mol. The number of aryl methyl sites for hydroxylation is 1. The summed E-state index contributed by atoms with van der Waals surface area (Å²) in [6.07, 6.45) is 0. The Labute approximate surface area is 111 Å². The van der Waals surface area contributed by atoms with Crippen LogP contribution in [0.5, 0.6) is 0 Å². The van der Waals surface area contributed by atoms with Crippen molar-refractivity contribution >= 4 is 23.3 Å². The minimum absolute atomic E-state index is 0.287. The lowest BCUT2D eigenvalue weighted by Crippen LogP contribution is -2.23. The van der Waals surface area contributed by atoms with Gasteiger partial charge in [-0.2, -0.15) is 5.26 Å². The van der Waals surface area contributed by atoms with E-state index in [0.717, 1.165) is 0 Å². The quantitative estimate of drug-likeness (QED) is 0.507. The Morgan fingerprint density at radius 3 is 2.50 bits per heavy atom. The van der Waals surface area contributed by atoms with E-state index in [1.807, 2.05) is 0 Å². The standard InChI is InChI=1S/C13H13ClN2O2/c1-8-6-9(14)4-5-10(8)12(17)11(7-15)13(18)16(2)3/h4-6,17H,1-3H3. The van der Waals surface area contributed by atoms with E-state index < -0.39 is 5.91 Å². The van der Waals surface area contributed by atoms with E-state index >= 15 is 0 Å². The molecule has 1 N–H and O–H groups in total. The summed E-state index contributed by atoms with van der Waals surface area (Å²) in [4.78, 5) is 13.0. The van der Waals surface area contributed by atoms with Gasteiger partial charge >= 0.3 is 0 Å². The molecule has 0 radical (unpaired) electrons. The fourth-order valence-corrected chi connectivity index (χ4v) is 1.68. The van der Waals surface area contributed by atoms with Gasteiger partial charge in [-0.3, -0.25) is 4.79 Å². The lowest BCUT2D eigenvalue weighted by Gasteiger charge is -2.12. The molecule has 0 saturated carbocycles. The lowest BCUT2D eigenvalue weighted by molar-refractivity contribution is -0.124. The predicted octanol–water partition coefficient (Wildman–Crippen LogP) is 2.53. The van der Waals surface area contributed by atoms with Gasteiger partial charge in [0.2, 0.25) is 0 Å². The van der Waals surface area contributed by atoms with Gasteiger partial charge in [0.15, 0.2) is 5.57 Å². The van der Waals surface area contributed by atoms with Crippen LogP contribution in [0, 0.1) is 18.3 Å². The van der Waals surface area contributed by atoms with Gasteiger partial charge in [0.25, 0.3) is 5.91 Å². The maximum absolute atomic E-state index is 11.7. The summed E-state index contributed by atoms with van der Waals surface area (Å²) in [5, 5.41) is 19.5. The number of aliphatic hydroxyl groups excluding tert-OH is 1. The van der Waals surface area contributed by atoms with E-state index in [1.54, 1.807) is 31.2 Å². The minimum atomic E-state index is -0.538. The third kappa shape index (κ3) is 2.82. The van der Waals surface area contributed by atoms with Gasteiger partial charge < -0.3 is 10.0 Å². The molecule has 4 nitrogen and oxygen atoms in total. The molecule has 1 aromatic carbocycles. The molecule has 0 aliphatic carbocycles. The molecule has 0 aliphatic heterocycles. The van der Waals surface area contributed by atoms with Crippen LogP contribution < -0.4 is 0 Å². The van der Waals surface area contributed by atoms with Gasteiger partial charge in [-0.05, 0) is 30.7 Å². The molecule has 94 valence electrons. The zero-order valence-corrected chi connectivity index (χ0v) is 11.1. The van der Waals surface area contributed by atoms with Crippen molar-refractivity contribution in [1.82, 2.24) is 4.90 Å². The van der Waals surface area contributed by atoms with E-state index in [-0.39, 0.29) is 11.3 Å². The van der Waals surface area contributed by atoms with Crippen molar-refractivity contribution in [3.8, 4) is 6.07 Å². The van der Waals surface area contributed by atoms with Crippen molar-refractivity contribution in [2.45, 2.75) is 6.92 Å². The number of benzene rings is 1. The fraction of sp³-hybridized carbons (Fsp3) is 0.231. The van der Waals surface area contributed by atoms with Crippen molar-refractivity contribution in [2.75, 3.05) is 14.1 Å². The third-order valence-corrected chi connectivity index (χ3v) is 2.65. The van der Waals surface area contributed by atoms with Gasteiger partial charge in [0.05, 0.1) is 0 Å². The van der Waals surface area contributed by atoms with Crippen LogP contribution in [-0.2, 0) is 4.79 Å². The molecule has 0 saturated heterocycles. The molecule has 0 aliphatic rings. The molecule has 0 spiro atoms. The normalized spacial score (nSPS) is 11.5. The molecule has 0 atom stereocenters. The summed E-state index contributed by atoms with van der Waals surface area (Å²) in [6, 6.07) is 6.55. The number of rotatable bonds is 2. The monoisotopic (exact) mass is 264 g/mol. The van der Waals surface area contributed by atoms with E-state index in [9.17, 15) is 9.90 Å². The Morgan fingerprint density at radius 1 is 1.44 bits per heavy atom. The topological polar surface area (TPSA) is 64.3 Å². The molecule has 1 rings (SSSR count). The third-order valence-electron chi connectivity index (χ3n) is 2.41. The Bertz CT molecular complexity index is 557. The molecular formula is C13H13ClN2O2. The second-order valence-electron chi connectivity index (χ2n) is 3.99. The van der Waals surface area contributed by atoms with Crippen molar-refractivity contribution in [3.05, 3.63) is 39.9 Å². The molecule has 18 heavy (non-hydrogen) atoms. The van der Waals surface area contributed by atoms with E-state index in [0.29, 0.717) is 16.1 Å². The summed E-state index contributed by atoms with van der Waals surface area (Å²) in [5.41, 5.74) is 0.830. The van der Waals surface area contributed by atoms with Gasteiger partial charge in [0.1, 0.15) is 11.8 Å². The molecule has 0 bridgehead atoms. The average molecular weight is 265 g/mol. The van der Waals surface area contributed by atoms with E-state index in [2.05, 4.69) is 0 Å². The highest BCUT2D eigenvalue weighted by Gasteiger charge is 2.19. The average Bonchev–Trinajstić information content (AvgIpc) is 2.29. The van der Waals surface area contributed by atoms with E-state index in [4.69, 9.17) is 16.9 Å². The maximum Gasteiger partial charge on any atom is 0.267 e. The summed E-state index contributed by atoms with van der Waals surface area (Å²) < 4.78 is 0. The molecule has 5 heteroatoms. The zero-order valence-electron chi connectivity index (χ0n) is 10.4. The Kier molecular flexibility index (Phi) is 4.35. The van der Waals surface area contributed by atoms with Crippen LogP contribution in [0.4, 0.5) is 0 Å². The second-order valence-corrected chi connectivity index (χ2v) is 4.43. The Hall–Kier alpha value is -1.99. The van der Waals surface area contributed by atoms with Crippen LogP contribution >= 0.6 is 11.6 Å². The van der Waals surface area contributed by atoms with E-state index in [1.165, 1.54) is 19.0 Å². The number of nitriles is 1. The van der Waals surface area contributed by atoms with Crippen molar-refractivity contribution in [3.63, 3.8) is 0 Å². The first-order valence-corrected chi connectivity index (χ1v) is 5.57. The van der Waals surface area contributed by atoms with Crippen LogP contribution in [0.15, 0.2) is 23.8 Å². The first kappa shape index (κ1) is 14.1. The van der Waals surface area contributed by atoms with Gasteiger partial charge in [-0.15, -0.1) is 0 Å². The highest BCUT2D eigenvalue weighted by atomic mass is 35.5. The van der Waals surface area contributed by atoms with Crippen LogP contribution in [0.2, 0.25) is 5.02 Å². The number of aliphatic hydroxyl groups is 1. The molecule has 0 unspecified atom stereocenters. The number of carbonyl (C=O) groups excluding carboxylic acids is 1. The minimum Gasteiger partial charge on any atom is -0.506 e. The number of halogens is 1. The molecule has 0 heterocycles. The first-order chi connectivity index (χ1) is 8.38. The highest BCUT2D eigenvalue weighted by molar-refractivity contribution is 6.30. The first-order valence-electron chi connectivity index (χ1n) is 5.20. The SMILES string of the molecule is Cc1cc(Cl)ccc1C(O)=C(C#N)C(=O)N(C)C. The largest absolute Gasteiger partial charge is 0.506 e. The maximum atomic E-state index is 11.7. The number of carbonyl (C=O) groups is 1. The van der Waals surface area contributed by atoms with Crippen LogP contribution in [0.1, 0.15) is 11.1 Å². The van der Waals surface area contributed by atoms with Crippen LogP contribution in [0.3, 0.4) is 0 Å². The zero-order chi connectivity index (χ0) is 13.9. The summed E-state index contributed by atoms with van der Waals surface area (Å²) >= 11 is 5.81. The number of likely N-dealkylation sites (N-methyl/N-ethyl adjacent to an activating group) is 1. The summed E-state index contributed by atoms with van der Waals surface area (Å²) in [7, 11) is 3.03. The Morgan fingerprint density at radius 2 is 2.06 bits per heavy atom. The van der Waals surface area contributed by atoms with Crippen LogP contribution in [-0.4, -0.2) is 30.0 Å². The van der Waals surface area contributed by atoms with Gasteiger partial charge in [-0.25, -0.2) is 0 Å². The summed E-state index contributed by atoms with van der Waals surface area (Å²) in [5.74, 6) is -0.866. The number of nitrogens with zero attached hydrogens (tertiary/aromatic N) is 2. The summed E-state index contributed by atoms with van der Waals surface area (Å²) in [6.45, 7) is 1.74.